The number of hydrogen-bond acceptors (Lipinski definition) is 3. The van der Waals surface area contributed by atoms with E-state index in [-0.39, 0.29) is 5.82 Å². The zero-order valence-electron chi connectivity index (χ0n) is 9.57. The Morgan fingerprint density at radius 3 is 2.88 bits per heavy atom. The van der Waals surface area contributed by atoms with Gasteiger partial charge in [-0.1, -0.05) is 12.1 Å². The van der Waals surface area contributed by atoms with Gasteiger partial charge in [0.1, 0.15) is 0 Å². The number of nitrogens with one attached hydrogen (secondary N) is 1. The van der Waals surface area contributed by atoms with Gasteiger partial charge in [0, 0.05) is 18.0 Å². The summed E-state index contributed by atoms with van der Waals surface area (Å²) < 4.78 is 18.1. The van der Waals surface area contributed by atoms with Crippen molar-refractivity contribution >= 4 is 11.3 Å². The highest BCUT2D eigenvalue weighted by molar-refractivity contribution is 7.09. The second-order valence-electron chi connectivity index (χ2n) is 3.65. The van der Waals surface area contributed by atoms with E-state index in [4.69, 9.17) is 4.74 Å². The molecule has 2 nitrogen and oxygen atoms in total. The lowest BCUT2D eigenvalue weighted by atomic mass is 10.2. The van der Waals surface area contributed by atoms with E-state index in [1.165, 1.54) is 18.1 Å². The summed E-state index contributed by atoms with van der Waals surface area (Å²) in [6, 6.07) is 9.03. The van der Waals surface area contributed by atoms with Crippen molar-refractivity contribution in [1.82, 2.24) is 5.32 Å². The fraction of sp³-hybridized carbons (Fsp3) is 0.231. The van der Waals surface area contributed by atoms with Crippen molar-refractivity contribution in [3.8, 4) is 5.75 Å². The van der Waals surface area contributed by atoms with Gasteiger partial charge in [0.25, 0.3) is 0 Å². The van der Waals surface area contributed by atoms with Gasteiger partial charge in [0.2, 0.25) is 0 Å². The van der Waals surface area contributed by atoms with Crippen molar-refractivity contribution in [3.05, 3.63) is 52.0 Å². The summed E-state index contributed by atoms with van der Waals surface area (Å²) in [5.41, 5.74) is 1.01. The molecule has 1 N–H and O–H groups in total. The molecule has 0 saturated carbocycles. The van der Waals surface area contributed by atoms with E-state index in [0.717, 1.165) is 12.1 Å². The third-order valence-electron chi connectivity index (χ3n) is 2.42. The molecule has 0 aliphatic carbocycles. The molecule has 2 rings (SSSR count). The molecule has 0 spiro atoms. The molecule has 4 heteroatoms. The van der Waals surface area contributed by atoms with Crippen LogP contribution in [0.5, 0.6) is 5.75 Å². The lowest BCUT2D eigenvalue weighted by Crippen LogP contribution is -2.11. The van der Waals surface area contributed by atoms with Crippen LogP contribution in [0.25, 0.3) is 0 Å². The second kappa shape index (κ2) is 5.80. The molecule has 0 radical (unpaired) electrons. The SMILES string of the molecule is COc1cc(CNCc2cccs2)ccc1F. The van der Waals surface area contributed by atoms with Gasteiger partial charge in [0.05, 0.1) is 7.11 Å². The first kappa shape index (κ1) is 12.1. The Kier molecular flexibility index (Phi) is 4.12. The van der Waals surface area contributed by atoms with Crippen molar-refractivity contribution in [2.75, 3.05) is 7.11 Å². The first-order valence-corrected chi connectivity index (χ1v) is 6.23. The summed E-state index contributed by atoms with van der Waals surface area (Å²) in [6.07, 6.45) is 0. The van der Waals surface area contributed by atoms with Crippen molar-refractivity contribution < 1.29 is 9.13 Å². The molecule has 0 unspecified atom stereocenters. The second-order valence-corrected chi connectivity index (χ2v) is 4.68. The normalized spacial score (nSPS) is 10.5. The van der Waals surface area contributed by atoms with Gasteiger partial charge in [0.15, 0.2) is 11.6 Å². The van der Waals surface area contributed by atoms with Gasteiger partial charge in [-0.2, -0.15) is 0 Å². The maximum absolute atomic E-state index is 13.2. The number of hydrogen-bond donors (Lipinski definition) is 1. The Labute approximate surface area is 104 Å². The van der Waals surface area contributed by atoms with Crippen LogP contribution in [0.1, 0.15) is 10.4 Å². The zero-order valence-corrected chi connectivity index (χ0v) is 10.4. The number of ether oxygens (including phenoxy) is 1. The third kappa shape index (κ3) is 3.28. The van der Waals surface area contributed by atoms with Crippen molar-refractivity contribution in [2.45, 2.75) is 13.1 Å². The van der Waals surface area contributed by atoms with Gasteiger partial charge in [-0.25, -0.2) is 4.39 Å². The number of thiophene rings is 1. The molecule has 0 atom stereocenters. The largest absolute Gasteiger partial charge is 0.494 e. The first-order valence-electron chi connectivity index (χ1n) is 5.35. The van der Waals surface area contributed by atoms with Gasteiger partial charge in [-0.05, 0) is 29.1 Å². The first-order chi connectivity index (χ1) is 8.29. The molecule has 0 fully saturated rings. The molecule has 17 heavy (non-hydrogen) atoms. The van der Waals surface area contributed by atoms with E-state index in [1.54, 1.807) is 23.5 Å². The summed E-state index contributed by atoms with van der Waals surface area (Å²) in [4.78, 5) is 1.29. The predicted octanol–water partition coefficient (Wildman–Crippen LogP) is 3.19. The monoisotopic (exact) mass is 251 g/mol. The molecule has 2 aromatic rings. The van der Waals surface area contributed by atoms with Crippen LogP contribution < -0.4 is 10.1 Å². The molecular formula is C13H14FNOS. The zero-order chi connectivity index (χ0) is 12.1. The predicted molar refractivity (Wildman–Crippen MR) is 67.8 cm³/mol. The minimum Gasteiger partial charge on any atom is -0.494 e. The maximum atomic E-state index is 13.2. The average Bonchev–Trinajstić information content (AvgIpc) is 2.84. The molecule has 0 bridgehead atoms. The standard InChI is InChI=1S/C13H14FNOS/c1-16-13-7-10(4-5-12(13)14)8-15-9-11-3-2-6-17-11/h2-7,15H,8-9H2,1H3. The maximum Gasteiger partial charge on any atom is 0.165 e. The van der Waals surface area contributed by atoms with Crippen molar-refractivity contribution in [2.24, 2.45) is 0 Å². The number of rotatable bonds is 5. The van der Waals surface area contributed by atoms with Crippen LogP contribution in [-0.4, -0.2) is 7.11 Å². The Morgan fingerprint density at radius 1 is 1.29 bits per heavy atom. The average molecular weight is 251 g/mol. The van der Waals surface area contributed by atoms with E-state index in [2.05, 4.69) is 16.8 Å². The Bertz CT molecular complexity index is 470. The van der Waals surface area contributed by atoms with Crippen LogP contribution in [0.15, 0.2) is 35.7 Å². The number of methoxy groups -OCH3 is 1. The summed E-state index contributed by atoms with van der Waals surface area (Å²) in [5, 5.41) is 5.36. The van der Waals surface area contributed by atoms with Gasteiger partial charge < -0.3 is 10.1 Å². The highest BCUT2D eigenvalue weighted by atomic mass is 32.1. The van der Waals surface area contributed by atoms with Gasteiger partial charge in [-0.3, -0.25) is 0 Å². The highest BCUT2D eigenvalue weighted by Gasteiger charge is 2.03. The molecule has 90 valence electrons. The summed E-state index contributed by atoms with van der Waals surface area (Å²) in [7, 11) is 1.47. The smallest absolute Gasteiger partial charge is 0.165 e. The lowest BCUT2D eigenvalue weighted by Gasteiger charge is -2.06. The topological polar surface area (TPSA) is 21.3 Å². The van der Waals surface area contributed by atoms with Crippen LogP contribution in [0, 0.1) is 5.82 Å². The lowest BCUT2D eigenvalue weighted by molar-refractivity contribution is 0.385. The van der Waals surface area contributed by atoms with Crippen LogP contribution in [0.4, 0.5) is 4.39 Å². The summed E-state index contributed by atoms with van der Waals surface area (Å²) >= 11 is 1.72. The molecule has 0 saturated heterocycles. The minimum absolute atomic E-state index is 0.292. The van der Waals surface area contributed by atoms with E-state index >= 15 is 0 Å². The number of benzene rings is 1. The molecule has 0 amide bonds. The molecule has 1 aromatic heterocycles. The Hall–Kier alpha value is -1.39. The van der Waals surface area contributed by atoms with Gasteiger partial charge >= 0.3 is 0 Å². The minimum atomic E-state index is -0.325. The molecule has 0 aliphatic rings. The van der Waals surface area contributed by atoms with Crippen molar-refractivity contribution in [3.63, 3.8) is 0 Å². The molecule has 1 aromatic carbocycles. The highest BCUT2D eigenvalue weighted by Crippen LogP contribution is 2.18. The van der Waals surface area contributed by atoms with Crippen LogP contribution in [0.3, 0.4) is 0 Å². The Balaban J connectivity index is 1.90. The van der Waals surface area contributed by atoms with E-state index in [9.17, 15) is 4.39 Å². The molecule has 0 aliphatic heterocycles. The van der Waals surface area contributed by atoms with E-state index in [0.29, 0.717) is 12.3 Å². The fourth-order valence-corrected chi connectivity index (χ4v) is 2.23. The van der Waals surface area contributed by atoms with Gasteiger partial charge in [-0.15, -0.1) is 11.3 Å². The molecular weight excluding hydrogens is 237 g/mol. The van der Waals surface area contributed by atoms with Crippen LogP contribution in [0.2, 0.25) is 0 Å². The summed E-state index contributed by atoms with van der Waals surface area (Å²) in [6.45, 7) is 1.53. The molecule has 1 heterocycles. The fourth-order valence-electron chi connectivity index (χ4n) is 1.56. The Morgan fingerprint density at radius 2 is 2.18 bits per heavy atom. The van der Waals surface area contributed by atoms with Crippen molar-refractivity contribution in [1.29, 1.82) is 0 Å². The van der Waals surface area contributed by atoms with E-state index in [1.807, 2.05) is 6.07 Å². The van der Waals surface area contributed by atoms with Crippen LogP contribution in [-0.2, 0) is 13.1 Å². The van der Waals surface area contributed by atoms with E-state index < -0.39 is 0 Å². The number of halogens is 1. The summed E-state index contributed by atoms with van der Waals surface area (Å²) in [5.74, 6) is -0.0325. The van der Waals surface area contributed by atoms with Crippen LogP contribution >= 0.6 is 11.3 Å². The quantitative estimate of drug-likeness (QED) is 0.881. The third-order valence-corrected chi connectivity index (χ3v) is 3.30.